The lowest BCUT2D eigenvalue weighted by atomic mass is 10.1. The minimum atomic E-state index is 1.18. The van der Waals surface area contributed by atoms with E-state index in [1.54, 1.807) is 0 Å². The molecule has 1 aliphatic carbocycles. The van der Waals surface area contributed by atoms with Crippen LogP contribution in [0, 0.1) is 0 Å². The fraction of sp³-hybridized carbons (Fsp3) is 0.600. The van der Waals surface area contributed by atoms with Crippen LogP contribution in [0.2, 0.25) is 0 Å². The molecular formula is C10H14BrN. The largest absolute Gasteiger partial charge is 0.372 e. The van der Waals surface area contributed by atoms with Crippen molar-refractivity contribution < 1.29 is 0 Å². The molecule has 0 atom stereocenters. The second kappa shape index (κ2) is 3.65. The van der Waals surface area contributed by atoms with Crippen LogP contribution in [0.5, 0.6) is 0 Å². The number of allylic oxidation sites excluding steroid dienone is 3. The van der Waals surface area contributed by atoms with E-state index >= 15 is 0 Å². The smallest absolute Gasteiger partial charge is 0.0333 e. The van der Waals surface area contributed by atoms with Gasteiger partial charge in [0.05, 0.1) is 0 Å². The molecule has 1 nitrogen and oxygen atoms in total. The van der Waals surface area contributed by atoms with Gasteiger partial charge in [-0.1, -0.05) is 22.0 Å². The summed E-state index contributed by atoms with van der Waals surface area (Å²) in [7, 11) is 0. The first-order valence-corrected chi connectivity index (χ1v) is 5.47. The van der Waals surface area contributed by atoms with Crippen LogP contribution in [0.3, 0.4) is 0 Å². The van der Waals surface area contributed by atoms with Gasteiger partial charge < -0.3 is 4.90 Å². The van der Waals surface area contributed by atoms with E-state index in [1.807, 2.05) is 0 Å². The van der Waals surface area contributed by atoms with Crippen LogP contribution in [0.1, 0.15) is 25.7 Å². The predicted octanol–water partition coefficient (Wildman–Crippen LogP) is 3.04. The van der Waals surface area contributed by atoms with Gasteiger partial charge in [-0.05, 0) is 36.2 Å². The van der Waals surface area contributed by atoms with E-state index in [9.17, 15) is 0 Å². The standard InChI is InChI=1S/C10H14BrN/c11-9-4-3-5-10(8-9)12-6-1-2-7-12/h5,8H,1-4,6-7H2. The molecule has 12 heavy (non-hydrogen) atoms. The number of hydrogen-bond donors (Lipinski definition) is 0. The zero-order valence-corrected chi connectivity index (χ0v) is 8.81. The summed E-state index contributed by atoms with van der Waals surface area (Å²) < 4.78 is 1.35. The molecule has 1 fully saturated rings. The molecule has 0 aromatic rings. The first-order chi connectivity index (χ1) is 5.86. The van der Waals surface area contributed by atoms with Crippen molar-refractivity contribution in [2.75, 3.05) is 13.1 Å². The van der Waals surface area contributed by atoms with Crippen LogP contribution in [0.4, 0.5) is 0 Å². The van der Waals surface area contributed by atoms with Gasteiger partial charge in [0, 0.05) is 18.8 Å². The molecule has 2 aliphatic rings. The van der Waals surface area contributed by atoms with E-state index in [4.69, 9.17) is 0 Å². The molecule has 1 saturated heterocycles. The van der Waals surface area contributed by atoms with Crippen molar-refractivity contribution >= 4 is 15.9 Å². The van der Waals surface area contributed by atoms with Crippen LogP contribution in [0.25, 0.3) is 0 Å². The lowest BCUT2D eigenvalue weighted by Gasteiger charge is -2.21. The molecule has 0 aromatic carbocycles. The summed E-state index contributed by atoms with van der Waals surface area (Å²) in [6.07, 6.45) is 9.73. The Morgan fingerprint density at radius 2 is 2.00 bits per heavy atom. The first kappa shape index (κ1) is 8.36. The van der Waals surface area contributed by atoms with E-state index < -0.39 is 0 Å². The molecule has 0 unspecified atom stereocenters. The Kier molecular flexibility index (Phi) is 2.54. The van der Waals surface area contributed by atoms with Gasteiger partial charge in [0.25, 0.3) is 0 Å². The van der Waals surface area contributed by atoms with Gasteiger partial charge in [0.1, 0.15) is 0 Å². The van der Waals surface area contributed by atoms with Gasteiger partial charge in [-0.3, -0.25) is 0 Å². The van der Waals surface area contributed by atoms with E-state index in [0.29, 0.717) is 0 Å². The minimum Gasteiger partial charge on any atom is -0.372 e. The molecule has 0 N–H and O–H groups in total. The zero-order chi connectivity index (χ0) is 8.39. The highest BCUT2D eigenvalue weighted by Gasteiger charge is 2.14. The highest BCUT2D eigenvalue weighted by molar-refractivity contribution is 9.11. The molecule has 66 valence electrons. The number of hydrogen-bond acceptors (Lipinski definition) is 1. The second-order valence-electron chi connectivity index (χ2n) is 3.45. The van der Waals surface area contributed by atoms with Gasteiger partial charge in [-0.15, -0.1) is 0 Å². The third-order valence-electron chi connectivity index (χ3n) is 2.51. The fourth-order valence-electron chi connectivity index (χ4n) is 1.85. The zero-order valence-electron chi connectivity index (χ0n) is 7.22. The third kappa shape index (κ3) is 1.74. The van der Waals surface area contributed by atoms with Crippen molar-refractivity contribution in [3.05, 3.63) is 22.3 Å². The highest BCUT2D eigenvalue weighted by atomic mass is 79.9. The molecule has 0 amide bonds. The maximum atomic E-state index is 3.57. The SMILES string of the molecule is BrC1=CC(N2CCCC2)=CCC1. The molecule has 0 radical (unpaired) electrons. The van der Waals surface area contributed by atoms with Crippen LogP contribution in [-0.2, 0) is 0 Å². The third-order valence-corrected chi connectivity index (χ3v) is 3.14. The maximum absolute atomic E-state index is 3.57. The van der Waals surface area contributed by atoms with E-state index in [1.165, 1.54) is 49.0 Å². The van der Waals surface area contributed by atoms with Gasteiger partial charge in [-0.25, -0.2) is 0 Å². The molecule has 2 rings (SSSR count). The van der Waals surface area contributed by atoms with Crippen molar-refractivity contribution in [2.24, 2.45) is 0 Å². The molecule has 1 aliphatic heterocycles. The van der Waals surface area contributed by atoms with Crippen LogP contribution in [-0.4, -0.2) is 18.0 Å². The average molecular weight is 228 g/mol. The quantitative estimate of drug-likeness (QED) is 0.666. The van der Waals surface area contributed by atoms with E-state index in [0.717, 1.165) is 0 Å². The van der Waals surface area contributed by atoms with E-state index in [2.05, 4.69) is 33.0 Å². The summed E-state index contributed by atoms with van der Waals surface area (Å²) in [6.45, 7) is 2.51. The van der Waals surface area contributed by atoms with Crippen molar-refractivity contribution in [3.63, 3.8) is 0 Å². The minimum absolute atomic E-state index is 1.18. The number of likely N-dealkylation sites (tertiary alicyclic amines) is 1. The van der Waals surface area contributed by atoms with E-state index in [-0.39, 0.29) is 0 Å². The lowest BCUT2D eigenvalue weighted by Crippen LogP contribution is -2.18. The summed E-state index contributed by atoms with van der Waals surface area (Å²) in [6, 6.07) is 0. The van der Waals surface area contributed by atoms with Gasteiger partial charge in [0.2, 0.25) is 0 Å². The monoisotopic (exact) mass is 227 g/mol. The Morgan fingerprint density at radius 3 is 2.67 bits per heavy atom. The van der Waals surface area contributed by atoms with Crippen molar-refractivity contribution in [1.29, 1.82) is 0 Å². The fourth-order valence-corrected chi connectivity index (χ4v) is 2.31. The molecule has 2 heteroatoms. The number of halogens is 1. The lowest BCUT2D eigenvalue weighted by molar-refractivity contribution is 0.436. The summed E-state index contributed by atoms with van der Waals surface area (Å²) in [5.74, 6) is 0. The first-order valence-electron chi connectivity index (χ1n) is 4.67. The molecule has 0 bridgehead atoms. The van der Waals surface area contributed by atoms with Gasteiger partial charge in [0.15, 0.2) is 0 Å². The molecule has 1 heterocycles. The highest BCUT2D eigenvalue weighted by Crippen LogP contribution is 2.26. The average Bonchev–Trinajstić information content (AvgIpc) is 2.56. The van der Waals surface area contributed by atoms with Crippen LogP contribution < -0.4 is 0 Å². The molecular weight excluding hydrogens is 214 g/mol. The maximum Gasteiger partial charge on any atom is 0.0333 e. The summed E-state index contributed by atoms with van der Waals surface area (Å²) in [5, 5.41) is 0. The normalized spacial score (nSPS) is 23.9. The van der Waals surface area contributed by atoms with Crippen molar-refractivity contribution in [2.45, 2.75) is 25.7 Å². The Hall–Kier alpha value is -0.240. The Morgan fingerprint density at radius 1 is 1.25 bits per heavy atom. The Labute approximate surface area is 82.3 Å². The summed E-state index contributed by atoms with van der Waals surface area (Å²) in [5.41, 5.74) is 1.44. The second-order valence-corrected chi connectivity index (χ2v) is 4.47. The number of rotatable bonds is 1. The van der Waals surface area contributed by atoms with Crippen LogP contribution >= 0.6 is 15.9 Å². The topological polar surface area (TPSA) is 3.24 Å². The summed E-state index contributed by atoms with van der Waals surface area (Å²) >= 11 is 3.57. The molecule has 0 spiro atoms. The van der Waals surface area contributed by atoms with Crippen molar-refractivity contribution in [1.82, 2.24) is 4.90 Å². The Balaban J connectivity index is 2.07. The van der Waals surface area contributed by atoms with Gasteiger partial charge >= 0.3 is 0 Å². The van der Waals surface area contributed by atoms with Gasteiger partial charge in [-0.2, -0.15) is 0 Å². The molecule has 0 aromatic heterocycles. The Bertz CT molecular complexity index is 224. The number of nitrogens with zero attached hydrogens (tertiary/aromatic N) is 1. The van der Waals surface area contributed by atoms with Crippen molar-refractivity contribution in [3.8, 4) is 0 Å². The predicted molar refractivity (Wildman–Crippen MR) is 55.1 cm³/mol. The van der Waals surface area contributed by atoms with Crippen LogP contribution in [0.15, 0.2) is 22.3 Å². The molecule has 0 saturated carbocycles. The summed E-state index contributed by atoms with van der Waals surface area (Å²) in [4.78, 5) is 2.49.